The van der Waals surface area contributed by atoms with Gasteiger partial charge in [-0.3, -0.25) is 4.79 Å². The number of hydrogen-bond donors (Lipinski definition) is 0. The normalized spacial score (nSPS) is 10.5. The van der Waals surface area contributed by atoms with E-state index >= 15 is 0 Å². The van der Waals surface area contributed by atoms with Crippen molar-refractivity contribution in [1.82, 2.24) is 24.9 Å². The molecule has 4 aromatic rings. The number of carbonyl (C=O) groups excluding carboxylic acids is 1. The lowest BCUT2D eigenvalue weighted by molar-refractivity contribution is -0.130. The predicted molar refractivity (Wildman–Crippen MR) is 122 cm³/mol. The summed E-state index contributed by atoms with van der Waals surface area (Å²) >= 11 is 6.84. The molecule has 0 radical (unpaired) electrons. The number of hydrogen-bond acceptors (Lipinski definition) is 4. The number of amides is 1. The molecule has 2 heterocycles. The van der Waals surface area contributed by atoms with Gasteiger partial charge < -0.3 is 4.90 Å². The highest BCUT2D eigenvalue weighted by Crippen LogP contribution is 2.37. The number of rotatable bonds is 5. The first-order valence-corrected chi connectivity index (χ1v) is 10.1. The van der Waals surface area contributed by atoms with E-state index < -0.39 is 0 Å². The third-order valence-corrected chi connectivity index (χ3v) is 5.24. The maximum atomic E-state index is 12.7. The number of likely N-dealkylation sites (N-methyl/N-ethyl adjacent to an activating group) is 1. The van der Waals surface area contributed by atoms with Crippen molar-refractivity contribution in [2.45, 2.75) is 6.54 Å². The quantitative estimate of drug-likeness (QED) is 0.443. The third-order valence-electron chi connectivity index (χ3n) is 4.87. The molecule has 0 saturated carbocycles. The average molecular weight is 432 g/mol. The van der Waals surface area contributed by atoms with Crippen LogP contribution in [0.15, 0.2) is 60.7 Å². The fraction of sp³-hybridized carbons (Fsp3) is 0.174. The second-order valence-electron chi connectivity index (χ2n) is 6.93. The predicted octanol–water partition coefficient (Wildman–Crippen LogP) is 4.23. The van der Waals surface area contributed by atoms with Crippen molar-refractivity contribution in [2.24, 2.45) is 0 Å². The van der Waals surface area contributed by atoms with Crippen LogP contribution in [-0.4, -0.2) is 51.4 Å². The minimum absolute atomic E-state index is 0.000913. The molecule has 31 heavy (non-hydrogen) atoms. The molecule has 0 aliphatic rings. The van der Waals surface area contributed by atoms with Crippen LogP contribution in [0.5, 0.6) is 0 Å². The smallest absolute Gasteiger partial charge is 0.294 e. The lowest BCUT2D eigenvalue weighted by Gasteiger charge is -2.12. The zero-order valence-corrected chi connectivity index (χ0v) is 17.9. The summed E-state index contributed by atoms with van der Waals surface area (Å²) in [5.74, 6) is -0.148. The zero-order chi connectivity index (χ0) is 21.8. The molecule has 0 spiro atoms. The maximum absolute atomic E-state index is 12.7. The molecule has 0 saturated heterocycles. The summed E-state index contributed by atoms with van der Waals surface area (Å²) in [6.45, 7) is 0.297. The van der Waals surface area contributed by atoms with Crippen molar-refractivity contribution in [3.63, 3.8) is 0 Å². The molecule has 2 aromatic carbocycles. The first-order chi connectivity index (χ1) is 15.1. The van der Waals surface area contributed by atoms with Gasteiger partial charge in [0, 0.05) is 18.2 Å². The first kappa shape index (κ1) is 20.5. The van der Waals surface area contributed by atoms with Gasteiger partial charge in [0.05, 0.1) is 10.4 Å². The van der Waals surface area contributed by atoms with Crippen molar-refractivity contribution in [1.29, 1.82) is 0 Å². The van der Waals surface area contributed by atoms with Gasteiger partial charge >= 0.3 is 0 Å². The van der Waals surface area contributed by atoms with Crippen LogP contribution in [0.25, 0.3) is 38.4 Å². The van der Waals surface area contributed by atoms with E-state index in [-0.39, 0.29) is 12.5 Å². The van der Waals surface area contributed by atoms with E-state index in [1.165, 1.54) is 4.90 Å². The molecule has 154 valence electrons. The summed E-state index contributed by atoms with van der Waals surface area (Å²) in [7, 11) is 3.31. The summed E-state index contributed by atoms with van der Waals surface area (Å²) < 4.78 is 1.55. The Morgan fingerprint density at radius 3 is 2.26 bits per heavy atom. The molecular weight excluding hydrogens is 412 g/mol. The average Bonchev–Trinajstić information content (AvgIpc) is 3.18. The van der Waals surface area contributed by atoms with Gasteiger partial charge in [-0.2, -0.15) is 5.10 Å². The summed E-state index contributed by atoms with van der Waals surface area (Å²) in [5, 5.41) is 14.6. The van der Waals surface area contributed by atoms with Crippen LogP contribution in [-0.2, 0) is 11.3 Å². The van der Waals surface area contributed by atoms with Crippen LogP contribution in [0.3, 0.4) is 0 Å². The van der Waals surface area contributed by atoms with E-state index in [0.717, 1.165) is 11.1 Å². The highest BCUT2D eigenvalue weighted by atomic mass is 35.5. The van der Waals surface area contributed by atoms with Crippen molar-refractivity contribution in [2.75, 3.05) is 20.6 Å². The van der Waals surface area contributed by atoms with Gasteiger partial charge in [0.15, 0.2) is 12.2 Å². The molecule has 0 fully saturated rings. The van der Waals surface area contributed by atoms with Gasteiger partial charge in [0.1, 0.15) is 17.9 Å². The van der Waals surface area contributed by atoms with E-state index in [1.807, 2.05) is 60.7 Å². The minimum Gasteiger partial charge on any atom is -0.327 e. The summed E-state index contributed by atoms with van der Waals surface area (Å²) in [4.78, 5) is 18.0. The number of carbonyl (C=O) groups is 1. The largest absolute Gasteiger partial charge is 0.327 e. The summed E-state index contributed by atoms with van der Waals surface area (Å²) in [6.07, 6.45) is 0. The molecular formula is C23H20ClN6O+. The minimum atomic E-state index is -0.148. The summed E-state index contributed by atoms with van der Waals surface area (Å²) in [5.41, 5.74) is 3.43. The Balaban J connectivity index is 1.86. The topological polar surface area (TPSA) is 68.3 Å². The lowest BCUT2D eigenvalue weighted by atomic mass is 10.1. The zero-order valence-electron chi connectivity index (χ0n) is 17.2. The van der Waals surface area contributed by atoms with Crippen LogP contribution in [0.1, 0.15) is 0 Å². The molecule has 8 heteroatoms. The van der Waals surface area contributed by atoms with Crippen molar-refractivity contribution >= 4 is 28.5 Å². The Kier molecular flexibility index (Phi) is 5.92. The Morgan fingerprint density at radius 2 is 1.65 bits per heavy atom. The third kappa shape index (κ3) is 4.11. The SMILES string of the molecule is C[N+]#CCN(C)C(=O)Cn1nc(-c2ccccc2)c2c(Cl)c(-c3ccccc3)nnc21. The van der Waals surface area contributed by atoms with Crippen LogP contribution in [0.4, 0.5) is 0 Å². The molecule has 0 aliphatic heterocycles. The Hall–Kier alpha value is -3.76. The van der Waals surface area contributed by atoms with Crippen molar-refractivity contribution in [3.05, 3.63) is 70.5 Å². The van der Waals surface area contributed by atoms with Crippen LogP contribution in [0.2, 0.25) is 5.02 Å². The van der Waals surface area contributed by atoms with Gasteiger partial charge in [-0.15, -0.1) is 10.2 Å². The number of benzene rings is 2. The first-order valence-electron chi connectivity index (χ1n) is 9.69. The summed E-state index contributed by atoms with van der Waals surface area (Å²) in [6, 6.07) is 22.1. The molecule has 7 nitrogen and oxygen atoms in total. The van der Waals surface area contributed by atoms with Gasteiger partial charge in [-0.1, -0.05) is 77.1 Å². The number of fused-ring (bicyclic) bond motifs is 1. The van der Waals surface area contributed by atoms with Crippen molar-refractivity contribution < 1.29 is 4.79 Å². The maximum Gasteiger partial charge on any atom is 0.294 e. The highest BCUT2D eigenvalue weighted by Gasteiger charge is 2.22. The van der Waals surface area contributed by atoms with Gasteiger partial charge in [0.25, 0.3) is 13.1 Å². The van der Waals surface area contributed by atoms with Gasteiger partial charge in [-0.05, 0) is 0 Å². The number of aromatic nitrogens is 4. The Labute approximate surface area is 184 Å². The van der Waals surface area contributed by atoms with E-state index in [9.17, 15) is 4.79 Å². The lowest BCUT2D eigenvalue weighted by Crippen LogP contribution is -2.30. The molecule has 4 rings (SSSR count). The Bertz CT molecular complexity index is 1290. The fourth-order valence-electron chi connectivity index (χ4n) is 3.22. The standard InChI is InChI=1S/C23H20ClN6O/c1-25-13-14-29(2)18(31)15-30-23-19(21(28-30)16-9-5-3-6-10-16)20(24)22(26-27-23)17-11-7-4-8-12-17/h3-12H,14-15H2,1-2H3/q+1. The van der Waals surface area contributed by atoms with Crippen LogP contribution in [0, 0.1) is 6.07 Å². The number of halogens is 1. The van der Waals surface area contributed by atoms with Crippen molar-refractivity contribution in [3.8, 4) is 28.6 Å². The molecule has 0 aliphatic carbocycles. The number of nitrogens with zero attached hydrogens (tertiary/aromatic N) is 6. The van der Waals surface area contributed by atoms with Crippen LogP contribution >= 0.6 is 11.6 Å². The molecule has 2 aromatic heterocycles. The second kappa shape index (κ2) is 8.94. The van der Waals surface area contributed by atoms with E-state index in [4.69, 9.17) is 16.7 Å². The Morgan fingerprint density at radius 1 is 1.03 bits per heavy atom. The molecule has 0 unspecified atom stereocenters. The van der Waals surface area contributed by atoms with Gasteiger partial charge in [0.2, 0.25) is 5.91 Å². The van der Waals surface area contributed by atoms with Gasteiger partial charge in [-0.25, -0.2) is 4.68 Å². The fourth-order valence-corrected chi connectivity index (χ4v) is 3.54. The second-order valence-corrected chi connectivity index (χ2v) is 7.31. The highest BCUT2D eigenvalue weighted by molar-refractivity contribution is 6.38. The van der Waals surface area contributed by atoms with Crippen LogP contribution < -0.4 is 0 Å². The molecule has 0 bridgehead atoms. The van der Waals surface area contributed by atoms with E-state index in [1.54, 1.807) is 18.8 Å². The monoisotopic (exact) mass is 431 g/mol. The van der Waals surface area contributed by atoms with E-state index in [0.29, 0.717) is 34.0 Å². The molecule has 1 amide bonds. The molecule has 0 atom stereocenters. The van der Waals surface area contributed by atoms with E-state index in [2.05, 4.69) is 21.1 Å². The molecule has 0 N–H and O–H groups in total.